The molecule has 0 bridgehead atoms. The van der Waals surface area contributed by atoms with E-state index >= 15 is 0 Å². The highest BCUT2D eigenvalue weighted by molar-refractivity contribution is 6.32. The normalized spacial score (nSPS) is 10.3. The number of aliphatic hydroxyl groups excluding tert-OH is 1. The lowest BCUT2D eigenvalue weighted by molar-refractivity contribution is -0.385. The van der Waals surface area contributed by atoms with Crippen LogP contribution in [0.5, 0.6) is 11.5 Å². The highest BCUT2D eigenvalue weighted by Gasteiger charge is 2.15. The van der Waals surface area contributed by atoms with Gasteiger partial charge in [0.2, 0.25) is 0 Å². The smallest absolute Gasteiger partial charge is 0.272 e. The summed E-state index contributed by atoms with van der Waals surface area (Å²) in [4.78, 5) is 9.81. The Hall–Kier alpha value is -2.18. The van der Waals surface area contributed by atoms with Crippen molar-refractivity contribution >= 4 is 17.3 Å². The van der Waals surface area contributed by atoms with Crippen LogP contribution in [-0.4, -0.2) is 10.0 Å². The zero-order valence-corrected chi connectivity index (χ0v) is 10.8. The van der Waals surface area contributed by atoms with Gasteiger partial charge in [0.25, 0.3) is 5.69 Å². The Morgan fingerprint density at radius 3 is 2.70 bits per heavy atom. The molecule has 0 saturated carbocycles. The van der Waals surface area contributed by atoms with Gasteiger partial charge in [0.1, 0.15) is 0 Å². The second-order valence-electron chi connectivity index (χ2n) is 3.86. The molecule has 0 aliphatic carbocycles. The summed E-state index contributed by atoms with van der Waals surface area (Å²) in [6.45, 7) is -0.329. The molecule has 0 spiro atoms. The van der Waals surface area contributed by atoms with Crippen molar-refractivity contribution in [1.29, 1.82) is 0 Å². The molecule has 7 heteroatoms. The average Bonchev–Trinajstić information content (AvgIpc) is 2.42. The first-order valence-electron chi connectivity index (χ1n) is 5.53. The number of hydrogen-bond acceptors (Lipinski definition) is 4. The summed E-state index contributed by atoms with van der Waals surface area (Å²) >= 11 is 5.93. The number of rotatable bonds is 4. The number of nitro groups is 1. The van der Waals surface area contributed by atoms with Crippen LogP contribution in [0.4, 0.5) is 10.1 Å². The molecule has 2 aromatic carbocycles. The number of ether oxygens (including phenoxy) is 1. The van der Waals surface area contributed by atoms with Gasteiger partial charge in [-0.2, -0.15) is 0 Å². The molecule has 20 heavy (non-hydrogen) atoms. The van der Waals surface area contributed by atoms with E-state index in [1.54, 1.807) is 12.1 Å². The Balaban J connectivity index is 2.38. The molecule has 0 aliphatic rings. The van der Waals surface area contributed by atoms with Gasteiger partial charge in [0.15, 0.2) is 17.3 Å². The minimum Gasteiger partial charge on any atom is -0.452 e. The minimum atomic E-state index is -0.886. The number of para-hydroxylation sites is 1. The minimum absolute atomic E-state index is 0.115. The van der Waals surface area contributed by atoms with Crippen molar-refractivity contribution in [3.63, 3.8) is 0 Å². The molecule has 0 amide bonds. The van der Waals surface area contributed by atoms with Gasteiger partial charge < -0.3 is 9.84 Å². The fourth-order valence-electron chi connectivity index (χ4n) is 1.59. The summed E-state index contributed by atoms with van der Waals surface area (Å²) in [6.07, 6.45) is 0. The van der Waals surface area contributed by atoms with E-state index in [4.69, 9.17) is 16.3 Å². The maximum atomic E-state index is 13.7. The van der Waals surface area contributed by atoms with Crippen molar-refractivity contribution in [2.45, 2.75) is 6.61 Å². The molecule has 0 radical (unpaired) electrons. The van der Waals surface area contributed by atoms with E-state index in [9.17, 15) is 19.6 Å². The monoisotopic (exact) mass is 297 g/mol. The number of hydrogen-bond donors (Lipinski definition) is 1. The van der Waals surface area contributed by atoms with Crippen molar-refractivity contribution in [3.05, 3.63) is 62.9 Å². The number of halogens is 2. The average molecular weight is 298 g/mol. The van der Waals surface area contributed by atoms with Crippen LogP contribution in [0.15, 0.2) is 36.4 Å². The summed E-state index contributed by atoms with van der Waals surface area (Å²) in [7, 11) is 0. The van der Waals surface area contributed by atoms with Crippen LogP contribution >= 0.6 is 11.6 Å². The SMILES string of the molecule is O=[N+]([O-])c1ccc(Oc2c(Cl)cccc2CO)c(F)c1. The molecule has 0 unspecified atom stereocenters. The first kappa shape index (κ1) is 14.2. The molecule has 0 atom stereocenters. The summed E-state index contributed by atoms with van der Waals surface area (Å²) < 4.78 is 19.0. The largest absolute Gasteiger partial charge is 0.452 e. The molecule has 0 saturated heterocycles. The van der Waals surface area contributed by atoms with E-state index in [2.05, 4.69) is 0 Å². The van der Waals surface area contributed by atoms with Gasteiger partial charge in [-0.1, -0.05) is 23.7 Å². The van der Waals surface area contributed by atoms with Crippen LogP contribution in [-0.2, 0) is 6.61 Å². The molecule has 1 N–H and O–H groups in total. The number of nitrogens with zero attached hydrogens (tertiary/aromatic N) is 1. The number of nitro benzene ring substituents is 1. The second kappa shape index (κ2) is 5.85. The number of non-ortho nitro benzene ring substituents is 1. The van der Waals surface area contributed by atoms with Crippen LogP contribution in [0.3, 0.4) is 0 Å². The first-order valence-corrected chi connectivity index (χ1v) is 5.90. The predicted octanol–water partition coefficient (Wildman–Crippen LogP) is 3.67. The highest BCUT2D eigenvalue weighted by atomic mass is 35.5. The van der Waals surface area contributed by atoms with Crippen LogP contribution in [0, 0.1) is 15.9 Å². The molecule has 0 fully saturated rings. The summed E-state index contributed by atoms with van der Waals surface area (Å²) in [6, 6.07) is 7.73. The van der Waals surface area contributed by atoms with Crippen LogP contribution in [0.2, 0.25) is 5.02 Å². The van der Waals surface area contributed by atoms with Crippen LogP contribution in [0.25, 0.3) is 0 Å². The fourth-order valence-corrected chi connectivity index (χ4v) is 1.82. The Morgan fingerprint density at radius 2 is 2.10 bits per heavy atom. The zero-order chi connectivity index (χ0) is 14.7. The third kappa shape index (κ3) is 2.87. The molecular formula is C13H9ClFNO4. The van der Waals surface area contributed by atoms with Crippen LogP contribution in [0.1, 0.15) is 5.56 Å². The van der Waals surface area contributed by atoms with Gasteiger partial charge >= 0.3 is 0 Å². The molecule has 2 aromatic rings. The Kier molecular flexibility index (Phi) is 4.16. The van der Waals surface area contributed by atoms with E-state index in [1.807, 2.05) is 0 Å². The molecule has 0 heterocycles. The molecule has 104 valence electrons. The number of benzene rings is 2. The van der Waals surface area contributed by atoms with Crippen LogP contribution < -0.4 is 4.74 Å². The fraction of sp³-hybridized carbons (Fsp3) is 0.0769. The van der Waals surface area contributed by atoms with Crippen molar-refractivity contribution in [2.75, 3.05) is 0 Å². The van der Waals surface area contributed by atoms with E-state index in [0.29, 0.717) is 5.56 Å². The maximum absolute atomic E-state index is 13.7. The molecule has 5 nitrogen and oxygen atoms in total. The quantitative estimate of drug-likeness (QED) is 0.690. The molecule has 0 aliphatic heterocycles. The third-order valence-corrected chi connectivity index (χ3v) is 2.85. The van der Waals surface area contributed by atoms with E-state index in [-0.39, 0.29) is 28.8 Å². The lowest BCUT2D eigenvalue weighted by Gasteiger charge is -2.11. The Bertz CT molecular complexity index is 663. The summed E-state index contributed by atoms with van der Waals surface area (Å²) in [5.41, 5.74) is 0.00615. The number of aliphatic hydroxyl groups is 1. The standard InChI is InChI=1S/C13H9ClFNO4/c14-10-3-1-2-8(7-17)13(10)20-12-5-4-9(16(18)19)6-11(12)15/h1-6,17H,7H2. The summed E-state index contributed by atoms with van der Waals surface area (Å²) in [5.74, 6) is -0.981. The van der Waals surface area contributed by atoms with Crippen molar-refractivity contribution < 1.29 is 19.2 Å². The van der Waals surface area contributed by atoms with E-state index in [0.717, 1.165) is 18.2 Å². The molecule has 0 aromatic heterocycles. The van der Waals surface area contributed by atoms with Gasteiger partial charge in [-0.25, -0.2) is 4.39 Å². The Morgan fingerprint density at radius 1 is 1.35 bits per heavy atom. The van der Waals surface area contributed by atoms with Crippen molar-refractivity contribution in [1.82, 2.24) is 0 Å². The van der Waals surface area contributed by atoms with Gasteiger partial charge in [0, 0.05) is 11.6 Å². The first-order chi connectivity index (χ1) is 9.52. The lowest BCUT2D eigenvalue weighted by Crippen LogP contribution is -1.96. The lowest BCUT2D eigenvalue weighted by atomic mass is 10.2. The van der Waals surface area contributed by atoms with Gasteiger partial charge in [0.05, 0.1) is 22.6 Å². The highest BCUT2D eigenvalue weighted by Crippen LogP contribution is 2.34. The van der Waals surface area contributed by atoms with E-state index < -0.39 is 10.7 Å². The molecule has 2 rings (SSSR count). The zero-order valence-electron chi connectivity index (χ0n) is 10.0. The van der Waals surface area contributed by atoms with Gasteiger partial charge in [-0.15, -0.1) is 0 Å². The predicted molar refractivity (Wildman–Crippen MR) is 70.5 cm³/mol. The van der Waals surface area contributed by atoms with Crippen molar-refractivity contribution in [3.8, 4) is 11.5 Å². The second-order valence-corrected chi connectivity index (χ2v) is 4.27. The van der Waals surface area contributed by atoms with Crippen molar-refractivity contribution in [2.24, 2.45) is 0 Å². The maximum Gasteiger partial charge on any atom is 0.272 e. The van der Waals surface area contributed by atoms with Gasteiger partial charge in [-0.3, -0.25) is 10.1 Å². The third-order valence-electron chi connectivity index (χ3n) is 2.56. The topological polar surface area (TPSA) is 72.6 Å². The van der Waals surface area contributed by atoms with E-state index in [1.165, 1.54) is 6.07 Å². The van der Waals surface area contributed by atoms with Gasteiger partial charge in [-0.05, 0) is 12.1 Å². The Labute approximate surface area is 118 Å². The summed E-state index contributed by atoms with van der Waals surface area (Å²) in [5, 5.41) is 19.9. The molecular weight excluding hydrogens is 289 g/mol.